The Morgan fingerprint density at radius 1 is 1.56 bits per heavy atom. The number of amides is 1. The topological polar surface area (TPSA) is 38.3 Å². The van der Waals surface area contributed by atoms with E-state index in [-0.39, 0.29) is 10.7 Å². The van der Waals surface area contributed by atoms with Crippen LogP contribution in [-0.4, -0.2) is 24.4 Å². The van der Waals surface area contributed by atoms with Gasteiger partial charge in [0.25, 0.3) is 5.91 Å². The van der Waals surface area contributed by atoms with Gasteiger partial charge in [-0.25, -0.2) is 0 Å². The Hall–Kier alpha value is -0.550. The third-order valence-electron chi connectivity index (χ3n) is 1.96. The Kier molecular flexibility index (Phi) is 5.28. The Morgan fingerprint density at radius 2 is 2.25 bits per heavy atom. The number of benzene rings is 1. The predicted octanol–water partition coefficient (Wildman–Crippen LogP) is 2.97. The van der Waals surface area contributed by atoms with E-state index in [2.05, 4.69) is 37.2 Å². The zero-order valence-electron chi connectivity index (χ0n) is 9.09. The highest BCUT2D eigenvalue weighted by Crippen LogP contribution is 2.25. The van der Waals surface area contributed by atoms with Gasteiger partial charge in [-0.05, 0) is 34.1 Å². The Balaban J connectivity index is 2.73. The number of carbonyl (C=O) groups is 1. The zero-order chi connectivity index (χ0) is 12.1. The van der Waals surface area contributed by atoms with Gasteiger partial charge in [0.15, 0.2) is 0 Å². The van der Waals surface area contributed by atoms with Gasteiger partial charge in [0, 0.05) is 16.9 Å². The lowest BCUT2D eigenvalue weighted by molar-refractivity contribution is 0.0954. The molecule has 0 aliphatic heterocycles. The van der Waals surface area contributed by atoms with Gasteiger partial charge in [-0.3, -0.25) is 4.79 Å². The highest BCUT2D eigenvalue weighted by molar-refractivity contribution is 9.10. The summed E-state index contributed by atoms with van der Waals surface area (Å²) in [5, 5.41) is 2.82. The minimum absolute atomic E-state index is 0.0883. The van der Waals surface area contributed by atoms with Crippen molar-refractivity contribution in [2.24, 2.45) is 0 Å². The lowest BCUT2D eigenvalue weighted by atomic mass is 10.2. The van der Waals surface area contributed by atoms with E-state index in [1.807, 2.05) is 6.92 Å². The van der Waals surface area contributed by atoms with Crippen molar-refractivity contribution in [3.8, 4) is 5.75 Å². The van der Waals surface area contributed by atoms with Gasteiger partial charge in [-0.15, -0.1) is 0 Å². The van der Waals surface area contributed by atoms with Crippen LogP contribution >= 0.6 is 31.9 Å². The third-order valence-corrected chi connectivity index (χ3v) is 2.90. The molecule has 0 heterocycles. The molecule has 1 unspecified atom stereocenters. The maximum atomic E-state index is 11.7. The molecule has 0 aliphatic carbocycles. The van der Waals surface area contributed by atoms with E-state index < -0.39 is 0 Å². The first-order valence-corrected chi connectivity index (χ1v) is 6.51. The van der Waals surface area contributed by atoms with Crippen molar-refractivity contribution in [3.63, 3.8) is 0 Å². The van der Waals surface area contributed by atoms with Crippen LogP contribution in [0.25, 0.3) is 0 Å². The number of methoxy groups -OCH3 is 1. The zero-order valence-corrected chi connectivity index (χ0v) is 12.3. The molecule has 0 spiro atoms. The van der Waals surface area contributed by atoms with Gasteiger partial charge >= 0.3 is 0 Å². The predicted molar refractivity (Wildman–Crippen MR) is 71.4 cm³/mol. The molecule has 1 N–H and O–H groups in total. The summed E-state index contributed by atoms with van der Waals surface area (Å²) in [6.07, 6.45) is 0. The Bertz CT molecular complexity index is 380. The molecular weight excluding hydrogens is 338 g/mol. The fraction of sp³-hybridized carbons (Fsp3) is 0.364. The molecule has 0 saturated heterocycles. The SMILES string of the molecule is COc1ccc(C(=O)NCC(C)Br)cc1Br. The second-order valence-electron chi connectivity index (χ2n) is 3.34. The van der Waals surface area contributed by atoms with Crippen LogP contribution < -0.4 is 10.1 Å². The fourth-order valence-corrected chi connectivity index (χ4v) is 1.85. The lowest BCUT2D eigenvalue weighted by Crippen LogP contribution is -2.28. The van der Waals surface area contributed by atoms with Gasteiger partial charge in [-0.2, -0.15) is 0 Å². The van der Waals surface area contributed by atoms with Crippen LogP contribution in [0.1, 0.15) is 17.3 Å². The number of nitrogens with one attached hydrogen (secondary N) is 1. The van der Waals surface area contributed by atoms with Crippen molar-refractivity contribution >= 4 is 37.8 Å². The molecule has 0 aromatic heterocycles. The number of hydrogen-bond acceptors (Lipinski definition) is 2. The molecule has 5 heteroatoms. The summed E-state index contributed by atoms with van der Waals surface area (Å²) in [5.41, 5.74) is 0.612. The highest BCUT2D eigenvalue weighted by atomic mass is 79.9. The van der Waals surface area contributed by atoms with Crippen LogP contribution in [-0.2, 0) is 0 Å². The van der Waals surface area contributed by atoms with Crippen molar-refractivity contribution in [1.82, 2.24) is 5.32 Å². The van der Waals surface area contributed by atoms with E-state index in [0.29, 0.717) is 17.9 Å². The first-order valence-electron chi connectivity index (χ1n) is 4.80. The second-order valence-corrected chi connectivity index (χ2v) is 5.76. The van der Waals surface area contributed by atoms with Crippen molar-refractivity contribution in [1.29, 1.82) is 0 Å². The summed E-state index contributed by atoms with van der Waals surface area (Å²) in [6, 6.07) is 5.24. The molecule has 16 heavy (non-hydrogen) atoms. The standard InChI is InChI=1S/C11H13Br2NO2/c1-7(12)6-14-11(15)8-3-4-10(16-2)9(13)5-8/h3-5,7H,6H2,1-2H3,(H,14,15). The number of ether oxygens (including phenoxy) is 1. The van der Waals surface area contributed by atoms with Crippen LogP contribution in [0.4, 0.5) is 0 Å². The largest absolute Gasteiger partial charge is 0.496 e. The molecule has 1 rings (SSSR count). The molecule has 3 nitrogen and oxygen atoms in total. The van der Waals surface area contributed by atoms with Crippen LogP contribution in [0, 0.1) is 0 Å². The number of carbonyl (C=O) groups excluding carboxylic acids is 1. The van der Waals surface area contributed by atoms with Crippen molar-refractivity contribution in [2.45, 2.75) is 11.8 Å². The number of halogens is 2. The van der Waals surface area contributed by atoms with E-state index in [0.717, 1.165) is 4.47 Å². The van der Waals surface area contributed by atoms with E-state index in [1.54, 1.807) is 25.3 Å². The summed E-state index contributed by atoms with van der Waals surface area (Å²) < 4.78 is 5.86. The molecule has 0 bridgehead atoms. The molecule has 0 saturated carbocycles. The number of alkyl halides is 1. The molecule has 0 fully saturated rings. The van der Waals surface area contributed by atoms with Crippen LogP contribution in [0.5, 0.6) is 5.75 Å². The smallest absolute Gasteiger partial charge is 0.251 e. The quantitative estimate of drug-likeness (QED) is 0.848. The first-order chi connectivity index (χ1) is 7.54. The molecule has 1 aromatic carbocycles. The van der Waals surface area contributed by atoms with Gasteiger partial charge in [-0.1, -0.05) is 22.9 Å². The molecule has 1 amide bonds. The molecule has 88 valence electrons. The summed E-state index contributed by atoms with van der Waals surface area (Å²) in [4.78, 5) is 12.0. The first kappa shape index (κ1) is 13.5. The van der Waals surface area contributed by atoms with Crippen LogP contribution in [0.2, 0.25) is 0 Å². The second kappa shape index (κ2) is 6.25. The molecular formula is C11H13Br2NO2. The minimum atomic E-state index is -0.0883. The van der Waals surface area contributed by atoms with E-state index in [1.165, 1.54) is 0 Å². The molecule has 1 aromatic rings. The maximum absolute atomic E-state index is 11.7. The maximum Gasteiger partial charge on any atom is 0.251 e. The number of hydrogen-bond donors (Lipinski definition) is 1. The van der Waals surface area contributed by atoms with Crippen molar-refractivity contribution in [3.05, 3.63) is 28.2 Å². The van der Waals surface area contributed by atoms with Gasteiger partial charge in [0.2, 0.25) is 0 Å². The summed E-state index contributed by atoms with van der Waals surface area (Å²) >= 11 is 6.71. The lowest BCUT2D eigenvalue weighted by Gasteiger charge is -2.08. The number of rotatable bonds is 4. The Labute approximate surface area is 112 Å². The fourth-order valence-electron chi connectivity index (χ4n) is 1.14. The monoisotopic (exact) mass is 349 g/mol. The van der Waals surface area contributed by atoms with Gasteiger partial charge in [0.05, 0.1) is 11.6 Å². The average Bonchev–Trinajstić information content (AvgIpc) is 2.25. The van der Waals surface area contributed by atoms with Crippen LogP contribution in [0.3, 0.4) is 0 Å². The minimum Gasteiger partial charge on any atom is -0.496 e. The van der Waals surface area contributed by atoms with Crippen molar-refractivity contribution in [2.75, 3.05) is 13.7 Å². The molecule has 0 radical (unpaired) electrons. The van der Waals surface area contributed by atoms with E-state index >= 15 is 0 Å². The van der Waals surface area contributed by atoms with Crippen LogP contribution in [0.15, 0.2) is 22.7 Å². The average molecular weight is 351 g/mol. The third kappa shape index (κ3) is 3.79. The van der Waals surface area contributed by atoms with E-state index in [9.17, 15) is 4.79 Å². The molecule has 0 aliphatic rings. The highest BCUT2D eigenvalue weighted by Gasteiger charge is 2.08. The van der Waals surface area contributed by atoms with Crippen molar-refractivity contribution < 1.29 is 9.53 Å². The Morgan fingerprint density at radius 3 is 2.75 bits per heavy atom. The van der Waals surface area contributed by atoms with Gasteiger partial charge < -0.3 is 10.1 Å². The summed E-state index contributed by atoms with van der Waals surface area (Å²) in [7, 11) is 1.59. The van der Waals surface area contributed by atoms with E-state index in [4.69, 9.17) is 4.74 Å². The van der Waals surface area contributed by atoms with Gasteiger partial charge in [0.1, 0.15) is 5.75 Å². The summed E-state index contributed by atoms with van der Waals surface area (Å²) in [6.45, 7) is 2.58. The normalized spacial score (nSPS) is 12.0. The molecule has 1 atom stereocenters. The summed E-state index contributed by atoms with van der Waals surface area (Å²) in [5.74, 6) is 0.625.